The van der Waals surface area contributed by atoms with Crippen molar-refractivity contribution in [3.05, 3.63) is 42.2 Å². The van der Waals surface area contributed by atoms with Crippen molar-refractivity contribution in [1.82, 2.24) is 15.3 Å². The average Bonchev–Trinajstić information content (AvgIpc) is 2.54. The lowest BCUT2D eigenvalue weighted by Gasteiger charge is -2.06. The molecule has 0 spiro atoms. The highest BCUT2D eigenvalue weighted by molar-refractivity contribution is 6.18. The highest BCUT2D eigenvalue weighted by Gasteiger charge is 2.04. The van der Waals surface area contributed by atoms with E-state index in [1.807, 2.05) is 6.07 Å². The van der Waals surface area contributed by atoms with Gasteiger partial charge in [-0.1, -0.05) is 0 Å². The van der Waals surface area contributed by atoms with Crippen LogP contribution < -0.4 is 10.6 Å². The van der Waals surface area contributed by atoms with Crippen molar-refractivity contribution in [2.75, 3.05) is 17.7 Å². The number of nitrogens with zero attached hydrogens (tertiary/aromatic N) is 3. The van der Waals surface area contributed by atoms with E-state index in [1.54, 1.807) is 24.3 Å². The van der Waals surface area contributed by atoms with Gasteiger partial charge in [-0.15, -0.1) is 11.6 Å². The topological polar surface area (TPSA) is 90.7 Å². The van der Waals surface area contributed by atoms with Gasteiger partial charge in [0.05, 0.1) is 29.7 Å². The van der Waals surface area contributed by atoms with E-state index in [2.05, 4.69) is 20.6 Å². The smallest absolute Gasteiger partial charge is 0.319 e. The van der Waals surface area contributed by atoms with Crippen molar-refractivity contribution in [2.24, 2.45) is 0 Å². The van der Waals surface area contributed by atoms with Crippen LogP contribution in [0.5, 0.6) is 0 Å². The van der Waals surface area contributed by atoms with Gasteiger partial charge in [0.25, 0.3) is 0 Å². The Morgan fingerprint density at radius 1 is 1.24 bits per heavy atom. The van der Waals surface area contributed by atoms with E-state index in [9.17, 15) is 4.79 Å². The molecular weight excluding hydrogens is 290 g/mol. The van der Waals surface area contributed by atoms with Crippen LogP contribution in [0.25, 0.3) is 11.4 Å². The number of alkyl halides is 1. The minimum absolute atomic E-state index is 0.349. The van der Waals surface area contributed by atoms with Gasteiger partial charge in [0.2, 0.25) is 0 Å². The third-order valence-electron chi connectivity index (χ3n) is 2.56. The first-order valence-corrected chi connectivity index (χ1v) is 6.70. The Balaban J connectivity index is 2.04. The SMILES string of the molecule is N#Cc1ccc(-c2ncc(NC(=O)NCCCl)cn2)cc1. The molecule has 1 aromatic carbocycles. The van der Waals surface area contributed by atoms with Crippen LogP contribution in [0.4, 0.5) is 10.5 Å². The van der Waals surface area contributed by atoms with Crippen LogP contribution in [-0.4, -0.2) is 28.4 Å². The highest BCUT2D eigenvalue weighted by Crippen LogP contribution is 2.16. The van der Waals surface area contributed by atoms with Gasteiger partial charge in [0.15, 0.2) is 5.82 Å². The number of hydrogen-bond donors (Lipinski definition) is 2. The minimum Gasteiger partial charge on any atom is -0.337 e. The van der Waals surface area contributed by atoms with E-state index < -0.39 is 0 Å². The molecule has 0 atom stereocenters. The van der Waals surface area contributed by atoms with Crippen LogP contribution >= 0.6 is 11.6 Å². The maximum atomic E-state index is 11.4. The maximum Gasteiger partial charge on any atom is 0.319 e. The van der Waals surface area contributed by atoms with E-state index in [0.29, 0.717) is 29.5 Å². The van der Waals surface area contributed by atoms with Gasteiger partial charge >= 0.3 is 6.03 Å². The van der Waals surface area contributed by atoms with Gasteiger partial charge in [0, 0.05) is 18.0 Å². The zero-order chi connectivity index (χ0) is 15.1. The molecule has 106 valence electrons. The lowest BCUT2D eigenvalue weighted by atomic mass is 10.1. The molecule has 0 radical (unpaired) electrons. The molecular formula is C14H12ClN5O. The van der Waals surface area contributed by atoms with Crippen LogP contribution in [0.2, 0.25) is 0 Å². The normalized spacial score (nSPS) is 9.71. The van der Waals surface area contributed by atoms with Crippen molar-refractivity contribution in [1.29, 1.82) is 5.26 Å². The number of aromatic nitrogens is 2. The molecule has 2 N–H and O–H groups in total. The van der Waals surface area contributed by atoms with Gasteiger partial charge in [-0.3, -0.25) is 0 Å². The molecule has 7 heteroatoms. The second kappa shape index (κ2) is 7.22. The van der Waals surface area contributed by atoms with Gasteiger partial charge in [-0.2, -0.15) is 5.26 Å². The Labute approximate surface area is 126 Å². The number of halogens is 1. The molecule has 1 aromatic heterocycles. The molecule has 0 fully saturated rings. The van der Waals surface area contributed by atoms with E-state index in [4.69, 9.17) is 16.9 Å². The van der Waals surface area contributed by atoms with E-state index in [-0.39, 0.29) is 6.03 Å². The second-order valence-electron chi connectivity index (χ2n) is 4.05. The summed E-state index contributed by atoms with van der Waals surface area (Å²) in [5.41, 5.74) is 1.86. The van der Waals surface area contributed by atoms with E-state index in [0.717, 1.165) is 5.56 Å². The number of anilines is 1. The Morgan fingerprint density at radius 2 is 1.90 bits per heavy atom. The number of amides is 2. The Morgan fingerprint density at radius 3 is 2.48 bits per heavy atom. The lowest BCUT2D eigenvalue weighted by molar-refractivity contribution is 0.252. The summed E-state index contributed by atoms with van der Waals surface area (Å²) in [6, 6.07) is 8.63. The number of rotatable bonds is 4. The summed E-state index contributed by atoms with van der Waals surface area (Å²) in [7, 11) is 0. The van der Waals surface area contributed by atoms with Crippen molar-refractivity contribution in [3.63, 3.8) is 0 Å². The monoisotopic (exact) mass is 301 g/mol. The fourth-order valence-electron chi connectivity index (χ4n) is 1.57. The van der Waals surface area contributed by atoms with Crippen LogP contribution in [0.1, 0.15) is 5.56 Å². The third kappa shape index (κ3) is 4.16. The average molecular weight is 302 g/mol. The third-order valence-corrected chi connectivity index (χ3v) is 2.75. The summed E-state index contributed by atoms with van der Waals surface area (Å²) >= 11 is 5.47. The zero-order valence-electron chi connectivity index (χ0n) is 11.0. The second-order valence-corrected chi connectivity index (χ2v) is 4.43. The van der Waals surface area contributed by atoms with E-state index >= 15 is 0 Å². The predicted octanol–water partition coefficient (Wildman–Crippen LogP) is 2.38. The number of urea groups is 1. The molecule has 0 aliphatic rings. The van der Waals surface area contributed by atoms with Crippen molar-refractivity contribution in [3.8, 4) is 17.5 Å². The lowest BCUT2D eigenvalue weighted by Crippen LogP contribution is -2.30. The molecule has 2 aromatic rings. The molecule has 0 saturated heterocycles. The number of benzene rings is 1. The number of carbonyl (C=O) groups is 1. The molecule has 2 rings (SSSR count). The van der Waals surface area contributed by atoms with Gasteiger partial charge in [0.1, 0.15) is 0 Å². The summed E-state index contributed by atoms with van der Waals surface area (Å²) in [6.07, 6.45) is 3.03. The summed E-state index contributed by atoms with van der Waals surface area (Å²) < 4.78 is 0. The summed E-state index contributed by atoms with van der Waals surface area (Å²) in [4.78, 5) is 19.8. The molecule has 0 aliphatic heterocycles. The largest absolute Gasteiger partial charge is 0.337 e. The van der Waals surface area contributed by atoms with Gasteiger partial charge < -0.3 is 10.6 Å². The minimum atomic E-state index is -0.356. The van der Waals surface area contributed by atoms with Crippen LogP contribution in [-0.2, 0) is 0 Å². The molecule has 0 bridgehead atoms. The van der Waals surface area contributed by atoms with Crippen molar-refractivity contribution in [2.45, 2.75) is 0 Å². The van der Waals surface area contributed by atoms with Crippen molar-refractivity contribution < 1.29 is 4.79 Å². The fourth-order valence-corrected chi connectivity index (χ4v) is 1.67. The predicted molar refractivity (Wildman–Crippen MR) is 79.9 cm³/mol. The fraction of sp³-hybridized carbons (Fsp3) is 0.143. The molecule has 0 aliphatic carbocycles. The molecule has 1 heterocycles. The Hall–Kier alpha value is -2.65. The van der Waals surface area contributed by atoms with Gasteiger partial charge in [-0.05, 0) is 24.3 Å². The Bertz CT molecular complexity index is 649. The van der Waals surface area contributed by atoms with Crippen LogP contribution in [0, 0.1) is 11.3 Å². The number of carbonyl (C=O) groups excluding carboxylic acids is 1. The molecule has 0 saturated carbocycles. The highest BCUT2D eigenvalue weighted by atomic mass is 35.5. The van der Waals surface area contributed by atoms with Crippen LogP contribution in [0.15, 0.2) is 36.7 Å². The first-order valence-electron chi connectivity index (χ1n) is 6.16. The molecule has 6 nitrogen and oxygen atoms in total. The quantitative estimate of drug-likeness (QED) is 0.848. The molecule has 2 amide bonds. The van der Waals surface area contributed by atoms with E-state index in [1.165, 1.54) is 12.4 Å². The molecule has 21 heavy (non-hydrogen) atoms. The maximum absolute atomic E-state index is 11.4. The summed E-state index contributed by atoms with van der Waals surface area (Å²) in [5.74, 6) is 0.868. The van der Waals surface area contributed by atoms with Gasteiger partial charge in [-0.25, -0.2) is 14.8 Å². The first kappa shape index (κ1) is 14.8. The first-order chi connectivity index (χ1) is 10.2. The number of hydrogen-bond acceptors (Lipinski definition) is 4. The van der Waals surface area contributed by atoms with Crippen molar-refractivity contribution >= 4 is 23.3 Å². The Kier molecular flexibility index (Phi) is 5.07. The molecule has 0 unspecified atom stereocenters. The number of nitrogens with one attached hydrogen (secondary N) is 2. The van der Waals surface area contributed by atoms with Crippen LogP contribution in [0.3, 0.4) is 0 Å². The summed E-state index contributed by atoms with van der Waals surface area (Å²) in [5, 5.41) is 13.9. The summed E-state index contributed by atoms with van der Waals surface area (Å²) in [6.45, 7) is 0.386. The number of nitriles is 1. The zero-order valence-corrected chi connectivity index (χ0v) is 11.8. The standard InChI is InChI=1S/C14H12ClN5O/c15-5-6-17-14(21)20-12-8-18-13(19-9-12)11-3-1-10(7-16)2-4-11/h1-4,8-9H,5-6H2,(H2,17,20,21).